The summed E-state index contributed by atoms with van der Waals surface area (Å²) >= 11 is 0. The molecule has 1 saturated heterocycles. The maximum absolute atomic E-state index is 12.0. The highest BCUT2D eigenvalue weighted by Gasteiger charge is 2.37. The first kappa shape index (κ1) is 12.7. The first-order chi connectivity index (χ1) is 8.26. The minimum absolute atomic E-state index is 0.0679. The number of nitrogens with one attached hydrogen (secondary N) is 1. The molecule has 0 aromatic heterocycles. The third-order valence-corrected chi connectivity index (χ3v) is 4.15. The van der Waals surface area contributed by atoms with Crippen molar-refractivity contribution in [1.29, 1.82) is 0 Å². The van der Waals surface area contributed by atoms with Crippen LogP contribution < -0.4 is 5.32 Å². The van der Waals surface area contributed by atoms with Crippen molar-refractivity contribution < 1.29 is 9.53 Å². The summed E-state index contributed by atoms with van der Waals surface area (Å²) in [6.45, 7) is 2.48. The van der Waals surface area contributed by atoms with E-state index in [-0.39, 0.29) is 11.6 Å². The van der Waals surface area contributed by atoms with E-state index in [1.807, 2.05) is 4.90 Å². The van der Waals surface area contributed by atoms with Gasteiger partial charge in [-0.3, -0.25) is 0 Å². The van der Waals surface area contributed by atoms with Gasteiger partial charge in [-0.2, -0.15) is 0 Å². The molecule has 0 bridgehead atoms. The fraction of sp³-hybridized carbons (Fsp3) is 0.923. The number of hydrogen-bond acceptors (Lipinski definition) is 2. The van der Waals surface area contributed by atoms with Gasteiger partial charge >= 0.3 is 6.03 Å². The zero-order valence-corrected chi connectivity index (χ0v) is 10.8. The van der Waals surface area contributed by atoms with Gasteiger partial charge in [0.25, 0.3) is 0 Å². The normalized spacial score (nSPS) is 23.7. The summed E-state index contributed by atoms with van der Waals surface area (Å²) in [5, 5.41) is 3.04. The first-order valence-corrected chi connectivity index (χ1v) is 6.84. The van der Waals surface area contributed by atoms with E-state index in [1.165, 1.54) is 19.3 Å². The molecule has 1 aliphatic carbocycles. The van der Waals surface area contributed by atoms with Crippen molar-refractivity contribution in [3.8, 4) is 0 Å². The summed E-state index contributed by atoms with van der Waals surface area (Å²) in [5.74, 6) is 0. The summed E-state index contributed by atoms with van der Waals surface area (Å²) < 4.78 is 5.50. The summed E-state index contributed by atoms with van der Waals surface area (Å²) in [4.78, 5) is 14.0. The fourth-order valence-electron chi connectivity index (χ4n) is 2.65. The molecule has 1 saturated carbocycles. The Morgan fingerprint density at radius 3 is 2.29 bits per heavy atom. The van der Waals surface area contributed by atoms with E-state index in [0.29, 0.717) is 6.54 Å². The molecule has 0 unspecified atom stereocenters. The second-order valence-electron chi connectivity index (χ2n) is 5.30. The van der Waals surface area contributed by atoms with Gasteiger partial charge in [0.1, 0.15) is 0 Å². The number of hydrogen-bond donors (Lipinski definition) is 1. The van der Waals surface area contributed by atoms with Crippen LogP contribution in [-0.4, -0.2) is 43.3 Å². The van der Waals surface area contributed by atoms with E-state index < -0.39 is 0 Å². The lowest BCUT2D eigenvalue weighted by Gasteiger charge is -2.40. The number of nitrogens with zero attached hydrogens (tertiary/aromatic N) is 1. The second-order valence-corrected chi connectivity index (χ2v) is 5.30. The minimum atomic E-state index is -0.0679. The molecular weight excluding hydrogens is 216 g/mol. The van der Waals surface area contributed by atoms with E-state index in [9.17, 15) is 4.79 Å². The lowest BCUT2D eigenvalue weighted by atomic mass is 9.80. The molecule has 2 fully saturated rings. The van der Waals surface area contributed by atoms with Gasteiger partial charge in [0.15, 0.2) is 0 Å². The molecule has 2 amide bonds. The number of carbonyl (C=O) groups is 1. The average molecular weight is 240 g/mol. The van der Waals surface area contributed by atoms with Gasteiger partial charge < -0.3 is 15.0 Å². The van der Waals surface area contributed by atoms with Gasteiger partial charge in [0, 0.05) is 26.7 Å². The van der Waals surface area contributed by atoms with Crippen LogP contribution in [0.25, 0.3) is 0 Å². The van der Waals surface area contributed by atoms with Gasteiger partial charge in [0.2, 0.25) is 0 Å². The molecule has 0 spiro atoms. The van der Waals surface area contributed by atoms with Crippen LogP contribution in [0.3, 0.4) is 0 Å². The van der Waals surface area contributed by atoms with E-state index in [1.54, 1.807) is 7.11 Å². The van der Waals surface area contributed by atoms with Crippen LogP contribution in [0.2, 0.25) is 0 Å². The van der Waals surface area contributed by atoms with Crippen LogP contribution in [0.5, 0.6) is 0 Å². The number of rotatable bonds is 3. The van der Waals surface area contributed by atoms with Crippen LogP contribution in [0.15, 0.2) is 0 Å². The molecule has 17 heavy (non-hydrogen) atoms. The monoisotopic (exact) mass is 240 g/mol. The van der Waals surface area contributed by atoms with Crippen molar-refractivity contribution in [2.45, 2.75) is 50.5 Å². The Morgan fingerprint density at radius 1 is 1.18 bits per heavy atom. The molecule has 1 aliphatic heterocycles. The molecule has 1 heterocycles. The quantitative estimate of drug-likeness (QED) is 0.821. The first-order valence-electron chi connectivity index (χ1n) is 6.84. The molecule has 0 aromatic carbocycles. The van der Waals surface area contributed by atoms with E-state index in [2.05, 4.69) is 5.32 Å². The Balaban J connectivity index is 1.75. The van der Waals surface area contributed by atoms with E-state index in [0.717, 1.165) is 38.8 Å². The van der Waals surface area contributed by atoms with Gasteiger partial charge in [-0.25, -0.2) is 4.79 Å². The fourth-order valence-corrected chi connectivity index (χ4v) is 2.65. The lowest BCUT2D eigenvalue weighted by Crippen LogP contribution is -2.52. The number of likely N-dealkylation sites (tertiary alicyclic amines) is 1. The second kappa shape index (κ2) is 5.71. The van der Waals surface area contributed by atoms with Crippen molar-refractivity contribution in [1.82, 2.24) is 10.2 Å². The van der Waals surface area contributed by atoms with Crippen LogP contribution in [0.4, 0.5) is 4.79 Å². The Labute approximate surface area is 104 Å². The molecule has 2 aliphatic rings. The highest BCUT2D eigenvalue weighted by atomic mass is 16.5. The molecule has 0 radical (unpaired) electrons. The maximum atomic E-state index is 12.0. The SMILES string of the molecule is COC1(CNC(=O)N2CCCCCC2)CCC1. The molecule has 4 nitrogen and oxygen atoms in total. The highest BCUT2D eigenvalue weighted by molar-refractivity contribution is 5.74. The van der Waals surface area contributed by atoms with Crippen LogP contribution in [0.1, 0.15) is 44.9 Å². The number of urea groups is 1. The van der Waals surface area contributed by atoms with Gasteiger partial charge in [-0.05, 0) is 32.1 Å². The predicted octanol–water partition coefficient (Wildman–Crippen LogP) is 2.14. The number of ether oxygens (including phenoxy) is 1. The van der Waals surface area contributed by atoms with Crippen molar-refractivity contribution >= 4 is 6.03 Å². The third kappa shape index (κ3) is 3.12. The number of amides is 2. The molecule has 0 atom stereocenters. The summed E-state index contributed by atoms with van der Waals surface area (Å²) in [7, 11) is 1.75. The van der Waals surface area contributed by atoms with E-state index in [4.69, 9.17) is 4.74 Å². The largest absolute Gasteiger partial charge is 0.376 e. The molecule has 2 rings (SSSR count). The zero-order valence-electron chi connectivity index (χ0n) is 10.8. The van der Waals surface area contributed by atoms with Crippen molar-refractivity contribution in [2.24, 2.45) is 0 Å². The zero-order chi connectivity index (χ0) is 12.1. The molecule has 4 heteroatoms. The number of carbonyl (C=O) groups excluding carboxylic acids is 1. The minimum Gasteiger partial charge on any atom is -0.376 e. The Morgan fingerprint density at radius 2 is 1.82 bits per heavy atom. The Kier molecular flexibility index (Phi) is 4.26. The van der Waals surface area contributed by atoms with Crippen LogP contribution in [0, 0.1) is 0 Å². The molecule has 0 aromatic rings. The highest BCUT2D eigenvalue weighted by Crippen LogP contribution is 2.34. The summed E-state index contributed by atoms with van der Waals surface area (Å²) in [6.07, 6.45) is 8.16. The third-order valence-electron chi connectivity index (χ3n) is 4.15. The molecular formula is C13H24N2O2. The Bertz CT molecular complexity index is 251. The van der Waals surface area contributed by atoms with Gasteiger partial charge in [-0.15, -0.1) is 0 Å². The summed E-state index contributed by atoms with van der Waals surface area (Å²) in [6, 6.07) is 0.0928. The van der Waals surface area contributed by atoms with Gasteiger partial charge in [0.05, 0.1) is 5.60 Å². The number of methoxy groups -OCH3 is 1. The average Bonchev–Trinajstić information content (AvgIpc) is 2.56. The maximum Gasteiger partial charge on any atom is 0.317 e. The molecule has 1 N–H and O–H groups in total. The van der Waals surface area contributed by atoms with Crippen LogP contribution >= 0.6 is 0 Å². The standard InChI is InChI=1S/C13H24N2O2/c1-17-13(7-6-8-13)11-14-12(16)15-9-4-2-3-5-10-15/h2-11H2,1H3,(H,14,16). The van der Waals surface area contributed by atoms with Crippen LogP contribution in [-0.2, 0) is 4.74 Å². The predicted molar refractivity (Wildman–Crippen MR) is 67.0 cm³/mol. The van der Waals surface area contributed by atoms with Gasteiger partial charge in [-0.1, -0.05) is 12.8 Å². The van der Waals surface area contributed by atoms with E-state index >= 15 is 0 Å². The smallest absolute Gasteiger partial charge is 0.317 e. The lowest BCUT2D eigenvalue weighted by molar-refractivity contribution is -0.0678. The molecule has 98 valence electrons. The van der Waals surface area contributed by atoms with Crippen molar-refractivity contribution in [2.75, 3.05) is 26.7 Å². The van der Waals surface area contributed by atoms with Crippen molar-refractivity contribution in [3.63, 3.8) is 0 Å². The Hall–Kier alpha value is -0.770. The summed E-state index contributed by atoms with van der Waals surface area (Å²) in [5.41, 5.74) is -0.0679. The topological polar surface area (TPSA) is 41.6 Å². The van der Waals surface area contributed by atoms with Crippen molar-refractivity contribution in [3.05, 3.63) is 0 Å².